The number of phenolic OH excluding ortho intramolecular Hbond substituents is 3. The van der Waals surface area contributed by atoms with Gasteiger partial charge in [-0.25, -0.2) is 0 Å². The third kappa shape index (κ3) is 1.87. The van der Waals surface area contributed by atoms with Gasteiger partial charge >= 0.3 is 5.79 Å². The SMILES string of the molecule is Nc1c(O)c(O)c(O)c2c1CN(C1(O)C(=O)NC(=O)C(O)(O)C1(O)O)C2=O. The van der Waals surface area contributed by atoms with E-state index < -0.39 is 75.6 Å². The Balaban J connectivity index is 2.22. The van der Waals surface area contributed by atoms with Gasteiger partial charge in [-0.2, -0.15) is 0 Å². The highest BCUT2D eigenvalue weighted by molar-refractivity contribution is 6.11. The summed E-state index contributed by atoms with van der Waals surface area (Å²) in [6.07, 6.45) is 0. The van der Waals surface area contributed by atoms with Crippen molar-refractivity contribution in [2.24, 2.45) is 0 Å². The smallest absolute Gasteiger partial charge is 0.306 e. The number of piperidine rings is 1. The third-order valence-corrected chi connectivity index (χ3v) is 4.57. The zero-order valence-corrected chi connectivity index (χ0v) is 13.0. The maximum atomic E-state index is 12.6. The van der Waals surface area contributed by atoms with E-state index in [0.29, 0.717) is 0 Å². The number of carbonyl (C=O) groups is 3. The molecular weight excluding hydrogens is 374 g/mol. The number of phenols is 3. The van der Waals surface area contributed by atoms with Crippen molar-refractivity contribution >= 4 is 23.4 Å². The standard InChI is InChI=1S/C13H13N3O11/c14-4-2-1-16(8(20)3(2)5(17)7(19)6(4)18)11(23)9(21)15-10(22)12(24,25)13(11,26)27/h17-19,23-27H,1,14H2,(H,15,21,22). The largest absolute Gasteiger partial charge is 0.504 e. The Bertz CT molecular complexity index is 925. The van der Waals surface area contributed by atoms with Crippen LogP contribution in [0.4, 0.5) is 5.69 Å². The second-order valence-corrected chi connectivity index (χ2v) is 6.00. The minimum atomic E-state index is -4.33. The predicted molar refractivity (Wildman–Crippen MR) is 78.2 cm³/mol. The molecule has 27 heavy (non-hydrogen) atoms. The van der Waals surface area contributed by atoms with Gasteiger partial charge in [-0.15, -0.1) is 0 Å². The molecule has 3 amide bonds. The molecule has 11 N–H and O–H groups in total. The minimum absolute atomic E-state index is 0.0460. The summed E-state index contributed by atoms with van der Waals surface area (Å²) in [5.74, 6) is -17.3. The number of nitrogens with one attached hydrogen (secondary N) is 1. The topological polar surface area (TPSA) is 254 Å². The fraction of sp³-hybridized carbons (Fsp3) is 0.308. The first-order chi connectivity index (χ1) is 12.2. The Morgan fingerprint density at radius 2 is 1.44 bits per heavy atom. The molecule has 0 saturated carbocycles. The average Bonchev–Trinajstić information content (AvgIpc) is 2.93. The number of benzene rings is 1. The summed E-state index contributed by atoms with van der Waals surface area (Å²) in [6, 6.07) is 0. The van der Waals surface area contributed by atoms with Crippen molar-refractivity contribution in [3.8, 4) is 17.2 Å². The van der Waals surface area contributed by atoms with Gasteiger partial charge in [0.25, 0.3) is 29.2 Å². The Kier molecular flexibility index (Phi) is 3.42. The number of nitrogen functional groups attached to an aromatic ring is 1. The first kappa shape index (κ1) is 18.6. The number of rotatable bonds is 1. The van der Waals surface area contributed by atoms with Crippen molar-refractivity contribution in [3.63, 3.8) is 0 Å². The van der Waals surface area contributed by atoms with Gasteiger partial charge < -0.3 is 46.6 Å². The second-order valence-electron chi connectivity index (χ2n) is 6.00. The summed E-state index contributed by atoms with van der Waals surface area (Å²) in [5, 5.41) is 80.2. The van der Waals surface area contributed by atoms with Crippen molar-refractivity contribution in [1.29, 1.82) is 0 Å². The number of aromatic hydroxyl groups is 3. The van der Waals surface area contributed by atoms with E-state index >= 15 is 0 Å². The van der Waals surface area contributed by atoms with Crippen LogP contribution in [0.5, 0.6) is 17.2 Å². The summed E-state index contributed by atoms with van der Waals surface area (Å²) in [7, 11) is 0. The molecule has 1 fully saturated rings. The summed E-state index contributed by atoms with van der Waals surface area (Å²) < 4.78 is 0. The lowest BCUT2D eigenvalue weighted by molar-refractivity contribution is -0.407. The molecule has 0 bridgehead atoms. The molecule has 1 aromatic carbocycles. The molecule has 0 aromatic heterocycles. The number of nitrogens with two attached hydrogens (primary N) is 1. The van der Waals surface area contributed by atoms with E-state index in [1.807, 2.05) is 0 Å². The lowest BCUT2D eigenvalue weighted by Crippen LogP contribution is -2.85. The zero-order chi connectivity index (χ0) is 20.7. The van der Waals surface area contributed by atoms with Crippen LogP contribution in [-0.2, 0) is 16.1 Å². The van der Waals surface area contributed by atoms with Crippen molar-refractivity contribution in [3.05, 3.63) is 11.1 Å². The molecule has 0 aliphatic carbocycles. The molecule has 14 heteroatoms. The number of hydrogen-bond acceptors (Lipinski definition) is 12. The molecule has 146 valence electrons. The number of aliphatic hydroxyl groups is 5. The fourth-order valence-electron chi connectivity index (χ4n) is 2.95. The van der Waals surface area contributed by atoms with Gasteiger partial charge in [0.05, 0.1) is 17.8 Å². The van der Waals surface area contributed by atoms with E-state index in [2.05, 4.69) is 0 Å². The Hall–Kier alpha value is -3.17. The van der Waals surface area contributed by atoms with Crippen LogP contribution in [0.1, 0.15) is 15.9 Å². The quantitative estimate of drug-likeness (QED) is 0.0715. The molecule has 2 aliphatic heterocycles. The normalized spacial score (nSPS) is 26.1. The number of fused-ring (bicyclic) bond motifs is 1. The Labute approximate surface area is 147 Å². The average molecular weight is 387 g/mol. The second kappa shape index (κ2) is 4.96. The number of hydrogen-bond donors (Lipinski definition) is 10. The third-order valence-electron chi connectivity index (χ3n) is 4.57. The molecule has 2 aliphatic rings. The molecule has 0 spiro atoms. The molecule has 1 aromatic rings. The van der Waals surface area contributed by atoms with E-state index in [0.717, 1.165) is 0 Å². The zero-order valence-electron chi connectivity index (χ0n) is 13.0. The van der Waals surface area contributed by atoms with Gasteiger partial charge in [0.2, 0.25) is 5.75 Å². The first-order valence-corrected chi connectivity index (χ1v) is 7.06. The molecule has 1 saturated heterocycles. The minimum Gasteiger partial charge on any atom is -0.504 e. The molecular formula is C13H13N3O11. The Morgan fingerprint density at radius 3 is 2.00 bits per heavy atom. The summed E-state index contributed by atoms with van der Waals surface area (Å²) in [5.41, 5.74) is -0.219. The highest BCUT2D eigenvalue weighted by atomic mass is 16.6. The molecule has 2 heterocycles. The monoisotopic (exact) mass is 387 g/mol. The van der Waals surface area contributed by atoms with Crippen LogP contribution < -0.4 is 11.1 Å². The van der Waals surface area contributed by atoms with E-state index in [1.54, 1.807) is 0 Å². The molecule has 1 atom stereocenters. The van der Waals surface area contributed by atoms with Crippen LogP contribution in [-0.4, -0.2) is 80.8 Å². The van der Waals surface area contributed by atoms with Gasteiger partial charge in [-0.05, 0) is 0 Å². The highest BCUT2D eigenvalue weighted by Crippen LogP contribution is 2.50. The highest BCUT2D eigenvalue weighted by Gasteiger charge is 2.76. The molecule has 1 unspecified atom stereocenters. The van der Waals surface area contributed by atoms with Crippen LogP contribution in [0.25, 0.3) is 0 Å². The van der Waals surface area contributed by atoms with Gasteiger partial charge in [-0.3, -0.25) is 24.6 Å². The van der Waals surface area contributed by atoms with Crippen LogP contribution in [0.3, 0.4) is 0 Å². The molecule has 3 rings (SSSR count). The number of amides is 3. The van der Waals surface area contributed by atoms with E-state index in [9.17, 15) is 55.2 Å². The summed E-state index contributed by atoms with van der Waals surface area (Å²) in [4.78, 5) is 36.1. The maximum Gasteiger partial charge on any atom is 0.306 e. The van der Waals surface area contributed by atoms with E-state index in [1.165, 1.54) is 5.32 Å². The van der Waals surface area contributed by atoms with Crippen LogP contribution in [0.2, 0.25) is 0 Å². The van der Waals surface area contributed by atoms with Gasteiger partial charge in [0.1, 0.15) is 0 Å². The fourth-order valence-corrected chi connectivity index (χ4v) is 2.95. The van der Waals surface area contributed by atoms with E-state index in [4.69, 9.17) is 5.73 Å². The van der Waals surface area contributed by atoms with Crippen LogP contribution in [0, 0.1) is 0 Å². The molecule has 14 nitrogen and oxygen atoms in total. The van der Waals surface area contributed by atoms with Gasteiger partial charge in [0, 0.05) is 5.56 Å². The summed E-state index contributed by atoms with van der Waals surface area (Å²) in [6.45, 7) is -0.960. The van der Waals surface area contributed by atoms with Gasteiger partial charge in [0.15, 0.2) is 11.5 Å². The van der Waals surface area contributed by atoms with Crippen LogP contribution in [0.15, 0.2) is 0 Å². The Morgan fingerprint density at radius 1 is 0.889 bits per heavy atom. The number of carbonyl (C=O) groups excluding carboxylic acids is 3. The van der Waals surface area contributed by atoms with Crippen molar-refractivity contribution in [2.75, 3.05) is 5.73 Å². The van der Waals surface area contributed by atoms with Gasteiger partial charge in [-0.1, -0.05) is 0 Å². The first-order valence-electron chi connectivity index (χ1n) is 7.06. The number of nitrogens with zero attached hydrogens (tertiary/aromatic N) is 1. The lowest BCUT2D eigenvalue weighted by atomic mass is 9.86. The van der Waals surface area contributed by atoms with Crippen molar-refractivity contribution in [2.45, 2.75) is 23.8 Å². The van der Waals surface area contributed by atoms with Crippen molar-refractivity contribution < 1.29 is 55.2 Å². The van der Waals surface area contributed by atoms with Crippen LogP contribution >= 0.6 is 0 Å². The predicted octanol–water partition coefficient (Wildman–Crippen LogP) is -4.95. The maximum absolute atomic E-state index is 12.6. The summed E-state index contributed by atoms with van der Waals surface area (Å²) >= 11 is 0. The van der Waals surface area contributed by atoms with Crippen molar-refractivity contribution in [1.82, 2.24) is 10.2 Å². The number of imide groups is 1. The van der Waals surface area contributed by atoms with E-state index in [-0.39, 0.29) is 4.90 Å². The number of anilines is 1. The molecule has 0 radical (unpaired) electrons. The lowest BCUT2D eigenvalue weighted by Gasteiger charge is -2.49.